The Morgan fingerprint density at radius 2 is 1.91 bits per heavy atom. The fourth-order valence-electron chi connectivity index (χ4n) is 4.26. The molecule has 0 saturated heterocycles. The Kier molecular flexibility index (Phi) is 7.13. The molecule has 1 amide bonds. The third-order valence-electron chi connectivity index (χ3n) is 5.97. The van der Waals surface area contributed by atoms with Gasteiger partial charge in [-0.3, -0.25) is 4.79 Å². The lowest BCUT2D eigenvalue weighted by atomic mass is 10.0. The quantitative estimate of drug-likeness (QED) is 0.358. The number of nitrogens with one attached hydrogen (secondary N) is 2. The van der Waals surface area contributed by atoms with Crippen LogP contribution in [0.25, 0.3) is 22.4 Å². The number of benzene rings is 2. The largest absolute Gasteiger partial charge is 0.507 e. The van der Waals surface area contributed by atoms with E-state index in [2.05, 4.69) is 10.6 Å². The second-order valence-electron chi connectivity index (χ2n) is 8.51. The van der Waals surface area contributed by atoms with Crippen molar-refractivity contribution in [3.05, 3.63) is 54.6 Å². The summed E-state index contributed by atoms with van der Waals surface area (Å²) in [5.41, 5.74) is 3.82. The molecule has 0 unspecified atom stereocenters. The number of phenols is 1. The summed E-state index contributed by atoms with van der Waals surface area (Å²) in [6, 6.07) is 17.4. The number of ether oxygens (including phenoxy) is 1. The predicted octanol–water partition coefficient (Wildman–Crippen LogP) is 6.22. The number of carbonyl (C=O) groups excluding carboxylic acids is 1. The van der Waals surface area contributed by atoms with E-state index in [4.69, 9.17) is 9.72 Å². The molecular formula is C27H31N3O3. The highest BCUT2D eigenvalue weighted by Gasteiger charge is 2.17. The van der Waals surface area contributed by atoms with Gasteiger partial charge in [-0.05, 0) is 72.9 Å². The van der Waals surface area contributed by atoms with Crippen LogP contribution in [0, 0.1) is 0 Å². The Morgan fingerprint density at radius 3 is 2.67 bits per heavy atom. The first kappa shape index (κ1) is 22.6. The van der Waals surface area contributed by atoms with Crippen LogP contribution in [0.4, 0.5) is 11.5 Å². The summed E-state index contributed by atoms with van der Waals surface area (Å²) in [5.74, 6) is 1.62. The summed E-state index contributed by atoms with van der Waals surface area (Å²) >= 11 is 0. The maximum absolute atomic E-state index is 12.1. The summed E-state index contributed by atoms with van der Waals surface area (Å²) in [5, 5.41) is 17.1. The molecule has 6 nitrogen and oxygen atoms in total. The van der Waals surface area contributed by atoms with Crippen LogP contribution in [0.5, 0.6) is 11.5 Å². The molecule has 172 valence electrons. The number of methoxy groups -OCH3 is 1. The monoisotopic (exact) mass is 445 g/mol. The van der Waals surface area contributed by atoms with Crippen LogP contribution in [0.2, 0.25) is 0 Å². The SMILES string of the molecule is CCCC(=O)Nc1ccc(O)c(-c2cc(-c3cccc(OC)c3)cc(NC3CCCC3)n2)c1. The number of amides is 1. The first-order valence-corrected chi connectivity index (χ1v) is 11.6. The number of carbonyl (C=O) groups is 1. The average Bonchev–Trinajstić information content (AvgIpc) is 3.33. The molecule has 0 radical (unpaired) electrons. The molecule has 3 N–H and O–H groups in total. The Bertz CT molecular complexity index is 1120. The molecule has 1 aliphatic carbocycles. The molecule has 1 aromatic heterocycles. The van der Waals surface area contributed by atoms with Crippen molar-refractivity contribution in [2.75, 3.05) is 17.7 Å². The highest BCUT2D eigenvalue weighted by Crippen LogP contribution is 2.35. The number of anilines is 2. The third kappa shape index (κ3) is 5.64. The molecule has 3 aromatic rings. The smallest absolute Gasteiger partial charge is 0.224 e. The molecular weight excluding hydrogens is 414 g/mol. The van der Waals surface area contributed by atoms with Gasteiger partial charge < -0.3 is 20.5 Å². The van der Waals surface area contributed by atoms with Crippen LogP contribution in [0.15, 0.2) is 54.6 Å². The molecule has 0 atom stereocenters. The number of hydrogen-bond donors (Lipinski definition) is 3. The van der Waals surface area contributed by atoms with Gasteiger partial charge in [0.2, 0.25) is 5.91 Å². The predicted molar refractivity (Wildman–Crippen MR) is 133 cm³/mol. The number of rotatable bonds is 8. The fraction of sp³-hybridized carbons (Fsp3) is 0.333. The molecule has 1 saturated carbocycles. The zero-order valence-corrected chi connectivity index (χ0v) is 19.2. The first-order chi connectivity index (χ1) is 16.1. The van der Waals surface area contributed by atoms with Crippen LogP contribution in [0.3, 0.4) is 0 Å². The lowest BCUT2D eigenvalue weighted by molar-refractivity contribution is -0.116. The normalized spacial score (nSPS) is 13.6. The van der Waals surface area contributed by atoms with Gasteiger partial charge in [0.15, 0.2) is 0 Å². The van der Waals surface area contributed by atoms with Gasteiger partial charge in [-0.2, -0.15) is 0 Å². The summed E-state index contributed by atoms with van der Waals surface area (Å²) < 4.78 is 5.41. The zero-order valence-electron chi connectivity index (χ0n) is 19.2. The molecule has 1 heterocycles. The van der Waals surface area contributed by atoms with Crippen LogP contribution >= 0.6 is 0 Å². The van der Waals surface area contributed by atoms with Gasteiger partial charge in [0.05, 0.1) is 12.8 Å². The lowest BCUT2D eigenvalue weighted by Crippen LogP contribution is -2.15. The van der Waals surface area contributed by atoms with Gasteiger partial charge in [0.1, 0.15) is 17.3 Å². The first-order valence-electron chi connectivity index (χ1n) is 11.6. The van der Waals surface area contributed by atoms with E-state index in [1.54, 1.807) is 25.3 Å². The van der Waals surface area contributed by atoms with Gasteiger partial charge >= 0.3 is 0 Å². The fourth-order valence-corrected chi connectivity index (χ4v) is 4.26. The van der Waals surface area contributed by atoms with E-state index >= 15 is 0 Å². The minimum Gasteiger partial charge on any atom is -0.507 e. The summed E-state index contributed by atoms with van der Waals surface area (Å²) in [4.78, 5) is 16.9. The molecule has 1 fully saturated rings. The molecule has 6 heteroatoms. The molecule has 2 aromatic carbocycles. The van der Waals surface area contributed by atoms with Crippen LogP contribution in [-0.2, 0) is 4.79 Å². The molecule has 0 spiro atoms. The minimum atomic E-state index is -0.0455. The second-order valence-corrected chi connectivity index (χ2v) is 8.51. The maximum Gasteiger partial charge on any atom is 0.224 e. The van der Waals surface area contributed by atoms with Gasteiger partial charge in [0.25, 0.3) is 0 Å². The maximum atomic E-state index is 12.1. The van der Waals surface area contributed by atoms with E-state index in [9.17, 15) is 9.90 Å². The van der Waals surface area contributed by atoms with E-state index in [-0.39, 0.29) is 11.7 Å². The number of pyridine rings is 1. The van der Waals surface area contributed by atoms with Gasteiger partial charge in [-0.1, -0.05) is 31.9 Å². The second kappa shape index (κ2) is 10.4. The van der Waals surface area contributed by atoms with E-state index in [0.29, 0.717) is 29.4 Å². The van der Waals surface area contributed by atoms with Crippen molar-refractivity contribution >= 4 is 17.4 Å². The Hall–Kier alpha value is -3.54. The van der Waals surface area contributed by atoms with Crippen LogP contribution in [0.1, 0.15) is 45.4 Å². The van der Waals surface area contributed by atoms with Gasteiger partial charge in [0, 0.05) is 23.7 Å². The van der Waals surface area contributed by atoms with E-state index in [0.717, 1.165) is 42.0 Å². The minimum absolute atomic E-state index is 0.0455. The summed E-state index contributed by atoms with van der Waals surface area (Å²) in [6.07, 6.45) is 5.93. The average molecular weight is 446 g/mol. The number of aromatic nitrogens is 1. The Morgan fingerprint density at radius 1 is 1.09 bits per heavy atom. The van der Waals surface area contributed by atoms with E-state index < -0.39 is 0 Å². The summed E-state index contributed by atoms with van der Waals surface area (Å²) in [6.45, 7) is 1.97. The summed E-state index contributed by atoms with van der Waals surface area (Å²) in [7, 11) is 1.65. The van der Waals surface area contributed by atoms with Crippen molar-refractivity contribution in [2.24, 2.45) is 0 Å². The number of phenolic OH excluding ortho intramolecular Hbond substituents is 1. The Labute approximate surface area is 195 Å². The lowest BCUT2D eigenvalue weighted by Gasteiger charge is -2.16. The van der Waals surface area contributed by atoms with Crippen molar-refractivity contribution in [2.45, 2.75) is 51.5 Å². The molecule has 4 rings (SSSR count). The van der Waals surface area contributed by atoms with Crippen LogP contribution in [-0.4, -0.2) is 29.1 Å². The molecule has 0 bridgehead atoms. The van der Waals surface area contributed by atoms with E-state index in [1.165, 1.54) is 12.8 Å². The number of hydrogen-bond acceptors (Lipinski definition) is 5. The zero-order chi connectivity index (χ0) is 23.2. The number of nitrogens with zero attached hydrogens (tertiary/aromatic N) is 1. The molecule has 33 heavy (non-hydrogen) atoms. The van der Waals surface area contributed by atoms with Crippen molar-refractivity contribution in [3.63, 3.8) is 0 Å². The Balaban J connectivity index is 1.75. The standard InChI is InChI=1S/C27H31N3O3/c1-3-7-27(32)29-21-12-13-25(31)23(17-21)24-15-19(18-8-6-11-22(14-18)33-2)16-26(30-24)28-20-9-4-5-10-20/h6,8,11-17,20,31H,3-5,7,9-10H2,1-2H3,(H,28,30)(H,29,32). The van der Waals surface area contributed by atoms with Crippen molar-refractivity contribution in [1.29, 1.82) is 0 Å². The number of aromatic hydroxyl groups is 1. The van der Waals surface area contributed by atoms with Crippen molar-refractivity contribution in [3.8, 4) is 33.9 Å². The van der Waals surface area contributed by atoms with E-state index in [1.807, 2.05) is 43.3 Å². The molecule has 0 aliphatic heterocycles. The molecule has 1 aliphatic rings. The highest BCUT2D eigenvalue weighted by atomic mass is 16.5. The van der Waals surface area contributed by atoms with Crippen molar-refractivity contribution in [1.82, 2.24) is 4.98 Å². The van der Waals surface area contributed by atoms with Crippen molar-refractivity contribution < 1.29 is 14.6 Å². The van der Waals surface area contributed by atoms with Gasteiger partial charge in [-0.15, -0.1) is 0 Å². The van der Waals surface area contributed by atoms with Gasteiger partial charge in [-0.25, -0.2) is 4.98 Å². The topological polar surface area (TPSA) is 83.5 Å². The highest BCUT2D eigenvalue weighted by molar-refractivity contribution is 5.92. The van der Waals surface area contributed by atoms with Crippen LogP contribution < -0.4 is 15.4 Å². The third-order valence-corrected chi connectivity index (χ3v) is 5.97.